The molecule has 1 rings (SSSR count). The molecule has 0 aromatic carbocycles. The van der Waals surface area contributed by atoms with Crippen molar-refractivity contribution in [2.24, 2.45) is 0 Å². The van der Waals surface area contributed by atoms with Crippen LogP contribution in [-0.4, -0.2) is 18.0 Å². The summed E-state index contributed by atoms with van der Waals surface area (Å²) in [6.07, 6.45) is 14.7. The lowest BCUT2D eigenvalue weighted by Crippen LogP contribution is -2.25. The van der Waals surface area contributed by atoms with E-state index in [9.17, 15) is 0 Å². The highest BCUT2D eigenvalue weighted by atomic mass is 15.1. The lowest BCUT2D eigenvalue weighted by molar-refractivity contribution is 0.338. The van der Waals surface area contributed by atoms with Crippen molar-refractivity contribution in [3.8, 4) is 0 Å². The van der Waals surface area contributed by atoms with Crippen molar-refractivity contribution in [1.82, 2.24) is 4.90 Å². The Labute approximate surface area is 94.9 Å². The molecule has 0 aromatic rings. The molecule has 0 atom stereocenters. The summed E-state index contributed by atoms with van der Waals surface area (Å²) in [5.41, 5.74) is 1.46. The molecule has 0 amide bonds. The first kappa shape index (κ1) is 12.4. The number of hydrogen-bond acceptors (Lipinski definition) is 1. The largest absolute Gasteiger partial charge is 0.372 e. The summed E-state index contributed by atoms with van der Waals surface area (Å²) in [4.78, 5) is 2.56. The van der Waals surface area contributed by atoms with Gasteiger partial charge in [0.1, 0.15) is 0 Å². The van der Waals surface area contributed by atoms with E-state index in [1.54, 1.807) is 0 Å². The monoisotopic (exact) mass is 207 g/mol. The van der Waals surface area contributed by atoms with Crippen LogP contribution in [0.3, 0.4) is 0 Å². The van der Waals surface area contributed by atoms with E-state index in [0.717, 1.165) is 0 Å². The molecule has 0 spiro atoms. The standard InChI is InChI=1S/C14H25N/c1-3-5-12-15(13-6-4-2)14-10-8-7-9-11-14/h8,10-11H,3-7,9,12-13H2,1-2H3. The number of rotatable bonds is 7. The molecule has 0 saturated carbocycles. The molecule has 0 saturated heterocycles. The third kappa shape index (κ3) is 4.55. The Kier molecular flexibility index (Phi) is 6.22. The van der Waals surface area contributed by atoms with Gasteiger partial charge in [-0.3, -0.25) is 0 Å². The van der Waals surface area contributed by atoms with E-state index in [1.807, 2.05) is 0 Å². The molecule has 0 aromatic heterocycles. The highest BCUT2D eigenvalue weighted by Crippen LogP contribution is 2.15. The van der Waals surface area contributed by atoms with Crippen LogP contribution in [0.15, 0.2) is 23.9 Å². The topological polar surface area (TPSA) is 3.24 Å². The summed E-state index contributed by atoms with van der Waals surface area (Å²) in [7, 11) is 0. The maximum absolute atomic E-state index is 2.56. The second-order valence-electron chi connectivity index (χ2n) is 4.30. The first-order chi connectivity index (χ1) is 7.38. The molecule has 0 N–H and O–H groups in total. The van der Waals surface area contributed by atoms with E-state index >= 15 is 0 Å². The minimum absolute atomic E-state index is 1.22. The second-order valence-corrected chi connectivity index (χ2v) is 4.30. The van der Waals surface area contributed by atoms with Crippen molar-refractivity contribution < 1.29 is 0 Å². The van der Waals surface area contributed by atoms with E-state index < -0.39 is 0 Å². The number of unbranched alkanes of at least 4 members (excludes halogenated alkanes) is 2. The molecule has 0 radical (unpaired) electrons. The third-order valence-electron chi connectivity index (χ3n) is 2.90. The Morgan fingerprint density at radius 2 is 1.73 bits per heavy atom. The summed E-state index contributed by atoms with van der Waals surface area (Å²) < 4.78 is 0. The predicted molar refractivity (Wildman–Crippen MR) is 67.8 cm³/mol. The van der Waals surface area contributed by atoms with Crippen LogP contribution >= 0.6 is 0 Å². The molecule has 0 fully saturated rings. The summed E-state index contributed by atoms with van der Waals surface area (Å²) in [5, 5.41) is 0. The van der Waals surface area contributed by atoms with E-state index in [1.165, 1.54) is 57.3 Å². The Balaban J connectivity index is 2.46. The average Bonchev–Trinajstić information content (AvgIpc) is 2.30. The Bertz CT molecular complexity index is 207. The fourth-order valence-corrected chi connectivity index (χ4v) is 1.90. The highest BCUT2D eigenvalue weighted by molar-refractivity contribution is 5.21. The van der Waals surface area contributed by atoms with Crippen molar-refractivity contribution in [3.63, 3.8) is 0 Å². The SMILES string of the molecule is CCCCN(CCCC)C1=CCCC=C1. The highest BCUT2D eigenvalue weighted by Gasteiger charge is 2.07. The Morgan fingerprint density at radius 1 is 1.07 bits per heavy atom. The van der Waals surface area contributed by atoms with Gasteiger partial charge in [0.15, 0.2) is 0 Å². The van der Waals surface area contributed by atoms with Crippen molar-refractivity contribution in [2.75, 3.05) is 13.1 Å². The van der Waals surface area contributed by atoms with Gasteiger partial charge in [0.25, 0.3) is 0 Å². The first-order valence-electron chi connectivity index (χ1n) is 6.50. The number of nitrogens with zero attached hydrogens (tertiary/aromatic N) is 1. The molecule has 1 aliphatic rings. The molecule has 0 heterocycles. The van der Waals surface area contributed by atoms with Gasteiger partial charge in [-0.1, -0.05) is 38.8 Å². The van der Waals surface area contributed by atoms with Crippen LogP contribution in [0.4, 0.5) is 0 Å². The maximum atomic E-state index is 2.56. The van der Waals surface area contributed by atoms with Gasteiger partial charge >= 0.3 is 0 Å². The molecule has 86 valence electrons. The molecular weight excluding hydrogens is 182 g/mol. The third-order valence-corrected chi connectivity index (χ3v) is 2.90. The zero-order chi connectivity index (χ0) is 10.9. The molecule has 0 unspecified atom stereocenters. The smallest absolute Gasteiger partial charge is 0.0322 e. The van der Waals surface area contributed by atoms with Crippen LogP contribution in [0.1, 0.15) is 52.4 Å². The summed E-state index contributed by atoms with van der Waals surface area (Å²) in [6, 6.07) is 0. The van der Waals surface area contributed by atoms with Gasteiger partial charge in [-0.2, -0.15) is 0 Å². The zero-order valence-corrected chi connectivity index (χ0v) is 10.3. The molecule has 1 aliphatic carbocycles. The van der Waals surface area contributed by atoms with Crippen LogP contribution in [0, 0.1) is 0 Å². The van der Waals surface area contributed by atoms with Gasteiger partial charge in [-0.05, 0) is 31.8 Å². The van der Waals surface area contributed by atoms with Crippen LogP contribution in [-0.2, 0) is 0 Å². The Morgan fingerprint density at radius 3 is 2.20 bits per heavy atom. The fourth-order valence-electron chi connectivity index (χ4n) is 1.90. The summed E-state index contributed by atoms with van der Waals surface area (Å²) in [6.45, 7) is 6.99. The molecule has 1 nitrogen and oxygen atoms in total. The molecule has 0 bridgehead atoms. The zero-order valence-electron chi connectivity index (χ0n) is 10.3. The maximum Gasteiger partial charge on any atom is 0.0322 e. The van der Waals surface area contributed by atoms with Gasteiger partial charge in [0.05, 0.1) is 0 Å². The average molecular weight is 207 g/mol. The minimum Gasteiger partial charge on any atom is -0.372 e. The molecular formula is C14H25N. The number of allylic oxidation sites excluding steroid dienone is 3. The van der Waals surface area contributed by atoms with E-state index in [2.05, 4.69) is 37.0 Å². The summed E-state index contributed by atoms with van der Waals surface area (Å²) in [5.74, 6) is 0. The molecule has 1 heteroatoms. The van der Waals surface area contributed by atoms with E-state index in [-0.39, 0.29) is 0 Å². The first-order valence-corrected chi connectivity index (χ1v) is 6.50. The normalized spacial score (nSPS) is 15.2. The van der Waals surface area contributed by atoms with E-state index in [4.69, 9.17) is 0 Å². The molecule has 15 heavy (non-hydrogen) atoms. The second kappa shape index (κ2) is 7.56. The van der Waals surface area contributed by atoms with Gasteiger partial charge < -0.3 is 4.90 Å². The molecule has 0 aliphatic heterocycles. The van der Waals surface area contributed by atoms with Gasteiger partial charge in [0.2, 0.25) is 0 Å². The number of hydrogen-bond donors (Lipinski definition) is 0. The minimum atomic E-state index is 1.22. The fraction of sp³-hybridized carbons (Fsp3) is 0.714. The van der Waals surface area contributed by atoms with Gasteiger partial charge in [0, 0.05) is 18.8 Å². The van der Waals surface area contributed by atoms with Crippen molar-refractivity contribution in [3.05, 3.63) is 23.9 Å². The van der Waals surface area contributed by atoms with Crippen molar-refractivity contribution in [1.29, 1.82) is 0 Å². The quantitative estimate of drug-likeness (QED) is 0.607. The Hall–Kier alpha value is -0.720. The lowest BCUT2D eigenvalue weighted by atomic mass is 10.1. The predicted octanol–water partition coefficient (Wildman–Crippen LogP) is 4.12. The van der Waals surface area contributed by atoms with Crippen LogP contribution < -0.4 is 0 Å². The van der Waals surface area contributed by atoms with Crippen molar-refractivity contribution >= 4 is 0 Å². The van der Waals surface area contributed by atoms with Crippen LogP contribution in [0.2, 0.25) is 0 Å². The van der Waals surface area contributed by atoms with Crippen LogP contribution in [0.25, 0.3) is 0 Å². The summed E-state index contributed by atoms with van der Waals surface area (Å²) >= 11 is 0. The van der Waals surface area contributed by atoms with Crippen molar-refractivity contribution in [2.45, 2.75) is 52.4 Å². The van der Waals surface area contributed by atoms with Gasteiger partial charge in [-0.25, -0.2) is 0 Å². The van der Waals surface area contributed by atoms with Gasteiger partial charge in [-0.15, -0.1) is 0 Å². The van der Waals surface area contributed by atoms with E-state index in [0.29, 0.717) is 0 Å². The van der Waals surface area contributed by atoms with Crippen LogP contribution in [0.5, 0.6) is 0 Å². The lowest BCUT2D eigenvalue weighted by Gasteiger charge is -2.27.